The lowest BCUT2D eigenvalue weighted by atomic mass is 9.99. The van der Waals surface area contributed by atoms with Crippen molar-refractivity contribution in [3.05, 3.63) is 22.3 Å². The summed E-state index contributed by atoms with van der Waals surface area (Å²) < 4.78 is 0. The lowest BCUT2D eigenvalue weighted by Gasteiger charge is -2.10. The van der Waals surface area contributed by atoms with Crippen molar-refractivity contribution in [1.29, 1.82) is 0 Å². The zero-order valence-electron chi connectivity index (χ0n) is 9.28. The Hall–Kier alpha value is -0.230. The van der Waals surface area contributed by atoms with E-state index in [1.807, 2.05) is 0 Å². The molecule has 0 aliphatic carbocycles. The molecule has 0 atom stereocenters. The second-order valence-corrected chi connectivity index (χ2v) is 3.54. The minimum Gasteiger partial charge on any atom is -0.0889 e. The van der Waals surface area contributed by atoms with Crippen LogP contribution in [-0.4, -0.2) is 0 Å². The number of allylic oxidation sites excluding steroid dienone is 4. The normalized spacial score (nSPS) is 14.4. The molecule has 76 valence electrons. The Balaban J connectivity index is 4.83. The van der Waals surface area contributed by atoms with E-state index in [0.717, 1.165) is 30.7 Å². The van der Waals surface area contributed by atoms with Gasteiger partial charge in [0, 0.05) is 5.03 Å². The van der Waals surface area contributed by atoms with Crippen LogP contribution in [0.15, 0.2) is 22.3 Å². The number of hydrogen-bond acceptors (Lipinski definition) is 0. The van der Waals surface area contributed by atoms with Gasteiger partial charge in [-0.3, -0.25) is 0 Å². The summed E-state index contributed by atoms with van der Waals surface area (Å²) in [6.45, 7) is 8.64. The predicted octanol–water partition coefficient (Wildman–Crippen LogP) is 5.05. The summed E-state index contributed by atoms with van der Waals surface area (Å²) >= 11 is 6.18. The quantitative estimate of drug-likeness (QED) is 0.545. The molecule has 0 nitrogen and oxygen atoms in total. The smallest absolute Gasteiger partial charge is 0.0212 e. The molecule has 0 spiro atoms. The molecule has 0 saturated carbocycles. The van der Waals surface area contributed by atoms with E-state index in [2.05, 4.69) is 33.8 Å². The van der Waals surface area contributed by atoms with Gasteiger partial charge in [0.05, 0.1) is 0 Å². The van der Waals surface area contributed by atoms with E-state index >= 15 is 0 Å². The molecule has 0 radical (unpaired) electrons. The largest absolute Gasteiger partial charge is 0.0889 e. The van der Waals surface area contributed by atoms with Crippen LogP contribution in [0.25, 0.3) is 0 Å². The Morgan fingerprint density at radius 2 is 1.62 bits per heavy atom. The molecule has 0 fully saturated rings. The summed E-state index contributed by atoms with van der Waals surface area (Å²) in [4.78, 5) is 0. The monoisotopic (exact) mass is 200 g/mol. The second kappa shape index (κ2) is 7.20. The van der Waals surface area contributed by atoms with Crippen LogP contribution in [0.5, 0.6) is 0 Å². The standard InChI is InChI=1S/C12H21Cl/c1-5-9-10(6-2)11(7-3)12(13)8-4/h9H,5-8H2,1-4H3/b10-9+,12-11-. The second-order valence-electron chi connectivity index (χ2n) is 3.08. The van der Waals surface area contributed by atoms with Gasteiger partial charge in [0.25, 0.3) is 0 Å². The highest BCUT2D eigenvalue weighted by atomic mass is 35.5. The summed E-state index contributed by atoms with van der Waals surface area (Å²) in [5, 5.41) is 1.03. The number of hydrogen-bond donors (Lipinski definition) is 0. The summed E-state index contributed by atoms with van der Waals surface area (Å²) in [6, 6.07) is 0. The Morgan fingerprint density at radius 1 is 1.00 bits per heavy atom. The molecule has 0 aromatic heterocycles. The summed E-state index contributed by atoms with van der Waals surface area (Å²) in [7, 11) is 0. The summed E-state index contributed by atoms with van der Waals surface area (Å²) in [5.41, 5.74) is 2.78. The first-order valence-corrected chi connectivity index (χ1v) is 5.65. The lowest BCUT2D eigenvalue weighted by Crippen LogP contribution is -1.90. The number of rotatable bonds is 5. The Morgan fingerprint density at radius 3 is 1.92 bits per heavy atom. The van der Waals surface area contributed by atoms with Gasteiger partial charge in [-0.2, -0.15) is 0 Å². The van der Waals surface area contributed by atoms with Gasteiger partial charge in [-0.25, -0.2) is 0 Å². The van der Waals surface area contributed by atoms with E-state index in [4.69, 9.17) is 11.6 Å². The van der Waals surface area contributed by atoms with Crippen LogP contribution in [0.2, 0.25) is 0 Å². The van der Waals surface area contributed by atoms with Gasteiger partial charge >= 0.3 is 0 Å². The molecular formula is C12H21Cl. The molecule has 0 unspecified atom stereocenters. The molecule has 0 N–H and O–H groups in total. The molecule has 13 heavy (non-hydrogen) atoms. The van der Waals surface area contributed by atoms with E-state index in [1.165, 1.54) is 11.1 Å². The summed E-state index contributed by atoms with van der Waals surface area (Å²) in [5.74, 6) is 0. The van der Waals surface area contributed by atoms with Crippen molar-refractivity contribution in [2.24, 2.45) is 0 Å². The maximum atomic E-state index is 6.18. The maximum absolute atomic E-state index is 6.18. The van der Waals surface area contributed by atoms with Crippen molar-refractivity contribution in [2.75, 3.05) is 0 Å². The number of halogens is 1. The third-order valence-electron chi connectivity index (χ3n) is 2.21. The maximum Gasteiger partial charge on any atom is 0.0212 e. The summed E-state index contributed by atoms with van der Waals surface area (Å²) in [6.07, 6.45) is 6.47. The Labute approximate surface area is 87.7 Å². The van der Waals surface area contributed by atoms with Crippen LogP contribution >= 0.6 is 11.6 Å². The van der Waals surface area contributed by atoms with E-state index in [-0.39, 0.29) is 0 Å². The molecule has 0 aliphatic rings. The van der Waals surface area contributed by atoms with Gasteiger partial charge in [0.1, 0.15) is 0 Å². The van der Waals surface area contributed by atoms with Crippen LogP contribution in [0, 0.1) is 0 Å². The minimum absolute atomic E-state index is 0.950. The fourth-order valence-electron chi connectivity index (χ4n) is 1.53. The van der Waals surface area contributed by atoms with Gasteiger partial charge in [-0.1, -0.05) is 45.4 Å². The first kappa shape index (κ1) is 12.8. The van der Waals surface area contributed by atoms with Gasteiger partial charge < -0.3 is 0 Å². The predicted molar refractivity (Wildman–Crippen MR) is 62.1 cm³/mol. The zero-order valence-corrected chi connectivity index (χ0v) is 10.0. The molecule has 0 heterocycles. The molecule has 0 saturated heterocycles. The van der Waals surface area contributed by atoms with Crippen molar-refractivity contribution in [1.82, 2.24) is 0 Å². The van der Waals surface area contributed by atoms with Crippen molar-refractivity contribution in [3.8, 4) is 0 Å². The molecule has 0 aromatic rings. The first-order valence-electron chi connectivity index (χ1n) is 5.27. The SMILES string of the molecule is CC/C=C(CC)/C(CC)=C(\Cl)CC. The molecule has 0 amide bonds. The van der Waals surface area contributed by atoms with Gasteiger partial charge in [0.2, 0.25) is 0 Å². The zero-order chi connectivity index (χ0) is 10.3. The fourth-order valence-corrected chi connectivity index (χ4v) is 1.79. The van der Waals surface area contributed by atoms with E-state index in [0.29, 0.717) is 0 Å². The Kier molecular flexibility index (Phi) is 7.07. The van der Waals surface area contributed by atoms with Gasteiger partial charge in [-0.05, 0) is 36.8 Å². The highest BCUT2D eigenvalue weighted by Crippen LogP contribution is 2.25. The van der Waals surface area contributed by atoms with Gasteiger partial charge in [0.15, 0.2) is 0 Å². The van der Waals surface area contributed by atoms with Gasteiger partial charge in [-0.15, -0.1) is 0 Å². The van der Waals surface area contributed by atoms with Crippen LogP contribution < -0.4 is 0 Å². The minimum atomic E-state index is 0.950. The van der Waals surface area contributed by atoms with Crippen molar-refractivity contribution in [3.63, 3.8) is 0 Å². The highest BCUT2D eigenvalue weighted by molar-refractivity contribution is 6.30. The molecular weight excluding hydrogens is 180 g/mol. The average Bonchev–Trinajstić information content (AvgIpc) is 2.17. The molecule has 0 aliphatic heterocycles. The van der Waals surface area contributed by atoms with Crippen molar-refractivity contribution >= 4 is 11.6 Å². The topological polar surface area (TPSA) is 0 Å². The van der Waals surface area contributed by atoms with E-state index < -0.39 is 0 Å². The van der Waals surface area contributed by atoms with E-state index in [9.17, 15) is 0 Å². The van der Waals surface area contributed by atoms with E-state index in [1.54, 1.807) is 0 Å². The molecule has 0 aromatic carbocycles. The lowest BCUT2D eigenvalue weighted by molar-refractivity contribution is 0.977. The third-order valence-corrected chi connectivity index (χ3v) is 2.71. The van der Waals surface area contributed by atoms with Crippen LogP contribution in [0.3, 0.4) is 0 Å². The van der Waals surface area contributed by atoms with Crippen LogP contribution in [0.1, 0.15) is 53.4 Å². The highest BCUT2D eigenvalue weighted by Gasteiger charge is 2.04. The van der Waals surface area contributed by atoms with Crippen LogP contribution in [0.4, 0.5) is 0 Å². The molecule has 0 bridgehead atoms. The molecule has 1 heteroatoms. The van der Waals surface area contributed by atoms with Crippen LogP contribution in [-0.2, 0) is 0 Å². The first-order chi connectivity index (χ1) is 6.21. The molecule has 0 rings (SSSR count). The fraction of sp³-hybridized carbons (Fsp3) is 0.667. The third kappa shape index (κ3) is 3.99. The Bertz CT molecular complexity index is 199. The van der Waals surface area contributed by atoms with Crippen molar-refractivity contribution < 1.29 is 0 Å². The van der Waals surface area contributed by atoms with Crippen molar-refractivity contribution in [2.45, 2.75) is 53.4 Å². The average molecular weight is 201 g/mol.